The van der Waals surface area contributed by atoms with Crippen molar-refractivity contribution in [2.45, 2.75) is 69.2 Å². The lowest BCUT2D eigenvalue weighted by Crippen LogP contribution is -2.54. The molecule has 13 heteroatoms. The summed E-state index contributed by atoms with van der Waals surface area (Å²) in [6.45, 7) is 6.62. The van der Waals surface area contributed by atoms with Gasteiger partial charge in [-0.15, -0.1) is 6.42 Å². The average Bonchev–Trinajstić information content (AvgIpc) is 3.58. The molecule has 4 bridgehead atoms. The summed E-state index contributed by atoms with van der Waals surface area (Å²) in [6.07, 6.45) is 15.6. The number of phenolic OH excluding ortho intramolecular Hbond substituents is 1. The largest absolute Gasteiger partial charge is 0.508 e. The van der Waals surface area contributed by atoms with E-state index in [-0.39, 0.29) is 51.5 Å². The van der Waals surface area contributed by atoms with Crippen molar-refractivity contribution in [3.8, 4) is 35.2 Å². The molecule has 0 spiro atoms. The molecule has 1 saturated carbocycles. The summed E-state index contributed by atoms with van der Waals surface area (Å²) in [5, 5.41) is 17.7. The molecule has 5 aromatic rings. The number of nitrogens with zero attached hydrogens (tertiary/aromatic N) is 7. The Morgan fingerprint density at radius 1 is 0.982 bits per heavy atom. The minimum atomic E-state index is -0.658. The molecule has 4 aliphatic heterocycles. The van der Waals surface area contributed by atoms with Gasteiger partial charge in [0.05, 0.1) is 29.8 Å². The van der Waals surface area contributed by atoms with E-state index in [1.807, 2.05) is 6.20 Å². The van der Waals surface area contributed by atoms with Gasteiger partial charge >= 0.3 is 6.01 Å². The van der Waals surface area contributed by atoms with Crippen molar-refractivity contribution in [1.82, 2.24) is 29.5 Å². The van der Waals surface area contributed by atoms with E-state index in [1.54, 1.807) is 18.8 Å². The maximum Gasteiger partial charge on any atom is 0.319 e. The highest BCUT2D eigenvalue weighted by atomic mass is 19.1. The van der Waals surface area contributed by atoms with E-state index in [4.69, 9.17) is 35.7 Å². The van der Waals surface area contributed by atoms with Crippen molar-refractivity contribution in [1.29, 1.82) is 0 Å². The van der Waals surface area contributed by atoms with Gasteiger partial charge in [-0.1, -0.05) is 12.0 Å². The van der Waals surface area contributed by atoms with Crippen molar-refractivity contribution in [2.75, 3.05) is 64.5 Å². The number of fused-ring (bicyclic) bond motifs is 8. The molecule has 1 N–H and O–H groups in total. The van der Waals surface area contributed by atoms with Gasteiger partial charge < -0.3 is 24.2 Å². The number of rotatable bonds is 11. The predicted molar refractivity (Wildman–Crippen MR) is 210 cm³/mol. The first-order valence-corrected chi connectivity index (χ1v) is 20.0. The Hall–Kier alpha value is -4.61. The van der Waals surface area contributed by atoms with Crippen molar-refractivity contribution in [3.05, 3.63) is 47.7 Å². The molecule has 0 amide bonds. The molecule has 5 fully saturated rings. The van der Waals surface area contributed by atoms with Crippen LogP contribution in [0.4, 0.5) is 14.6 Å². The smallest absolute Gasteiger partial charge is 0.319 e. The van der Waals surface area contributed by atoms with Crippen LogP contribution in [0, 0.1) is 29.4 Å². The molecule has 1 aliphatic carbocycles. The number of benzene rings is 3. The number of ether oxygens (including phenoxy) is 3. The number of phenols is 1. The molecular formula is C43H47F2N7O4. The predicted octanol–water partition coefficient (Wildman–Crippen LogP) is 6.01. The minimum absolute atomic E-state index is 0.0172. The molecule has 0 radical (unpaired) electrons. The number of hydrogen-bond acceptors (Lipinski definition) is 10. The van der Waals surface area contributed by atoms with Crippen LogP contribution in [0.1, 0.15) is 50.5 Å². The maximum atomic E-state index is 17.9. The van der Waals surface area contributed by atoms with E-state index in [9.17, 15) is 5.11 Å². The Morgan fingerprint density at radius 2 is 1.75 bits per heavy atom. The first-order chi connectivity index (χ1) is 27.2. The fourth-order valence-corrected chi connectivity index (χ4v) is 10.2. The second-order valence-corrected chi connectivity index (χ2v) is 16.8. The lowest BCUT2D eigenvalue weighted by atomic mass is 9.91. The molecule has 56 heavy (non-hydrogen) atoms. The summed E-state index contributed by atoms with van der Waals surface area (Å²) < 4.78 is 52.8. The first kappa shape index (κ1) is 35.8. The summed E-state index contributed by atoms with van der Waals surface area (Å²) in [6, 6.07) is 6.19. The first-order valence-electron chi connectivity index (χ1n) is 20.0. The highest BCUT2D eigenvalue weighted by Gasteiger charge is 2.47. The molecule has 4 saturated heterocycles. The maximum absolute atomic E-state index is 17.9. The third kappa shape index (κ3) is 6.13. The standard InChI is InChI=1S/C43H47F2N7O4/c1-4-31-34(44)11-6-25-16-28(53)17-32(35(25)31)36-38(45)40-37(33-22-49(2)48-39(33)36)41(52-26-7-8-27(52)19-50(18-26)14-5-15-54-3)47-42(46-40)55-24-43(12-13-43)23-51-20-29-9-10-30(21-51)56-29/h1,6,11,16-17,22,26-27,29-30,53H,5,7-10,12-15,18-21,23-24H2,2-3H3. The third-order valence-electron chi connectivity index (χ3n) is 12.9. The molecule has 4 unspecified atom stereocenters. The number of likely N-dealkylation sites (tertiary alicyclic amines) is 2. The van der Waals surface area contributed by atoms with Crippen LogP contribution in [-0.2, 0) is 16.5 Å². The number of anilines is 1. The summed E-state index contributed by atoms with van der Waals surface area (Å²) in [5.41, 5.74) is 0.716. The van der Waals surface area contributed by atoms with Gasteiger partial charge in [-0.25, -0.2) is 8.78 Å². The van der Waals surface area contributed by atoms with Crippen LogP contribution in [0.5, 0.6) is 11.8 Å². The summed E-state index contributed by atoms with van der Waals surface area (Å²) in [5.74, 6) is 1.73. The Morgan fingerprint density at radius 3 is 2.46 bits per heavy atom. The molecule has 2 aromatic heterocycles. The summed E-state index contributed by atoms with van der Waals surface area (Å²) >= 11 is 0. The number of methoxy groups -OCH3 is 1. The fourth-order valence-electron chi connectivity index (χ4n) is 10.2. The van der Waals surface area contributed by atoms with E-state index in [1.165, 1.54) is 24.3 Å². The van der Waals surface area contributed by atoms with Crippen molar-refractivity contribution in [3.63, 3.8) is 0 Å². The lowest BCUT2D eigenvalue weighted by Gasteiger charge is -2.42. The quantitative estimate of drug-likeness (QED) is 0.127. The second-order valence-electron chi connectivity index (χ2n) is 16.8. The highest BCUT2D eigenvalue weighted by molar-refractivity contribution is 6.18. The number of piperazine rings is 1. The Kier molecular flexibility index (Phi) is 8.81. The molecule has 4 atom stereocenters. The van der Waals surface area contributed by atoms with Crippen LogP contribution in [-0.4, -0.2) is 119 Å². The number of aromatic hydroxyl groups is 1. The van der Waals surface area contributed by atoms with E-state index < -0.39 is 11.6 Å². The zero-order valence-corrected chi connectivity index (χ0v) is 31.9. The van der Waals surface area contributed by atoms with Gasteiger partial charge in [0, 0.05) is 100 Å². The number of aryl methyl sites for hydroxylation is 1. The van der Waals surface area contributed by atoms with Gasteiger partial charge in [0.2, 0.25) is 0 Å². The second kappa shape index (κ2) is 13.8. The molecule has 10 rings (SSSR count). The molecule has 292 valence electrons. The summed E-state index contributed by atoms with van der Waals surface area (Å²) in [4.78, 5) is 17.5. The van der Waals surface area contributed by atoms with Crippen molar-refractivity contribution in [2.24, 2.45) is 12.5 Å². The highest BCUT2D eigenvalue weighted by Crippen LogP contribution is 2.49. The number of hydrogen-bond donors (Lipinski definition) is 1. The zero-order valence-electron chi connectivity index (χ0n) is 31.9. The molecule has 6 heterocycles. The van der Waals surface area contributed by atoms with Crippen molar-refractivity contribution < 1.29 is 28.1 Å². The van der Waals surface area contributed by atoms with Crippen molar-refractivity contribution >= 4 is 38.4 Å². The molecular weight excluding hydrogens is 717 g/mol. The number of aromatic nitrogens is 4. The molecule has 11 nitrogen and oxygen atoms in total. The lowest BCUT2D eigenvalue weighted by molar-refractivity contribution is -0.0460. The van der Waals surface area contributed by atoms with Gasteiger partial charge in [-0.3, -0.25) is 14.5 Å². The van der Waals surface area contributed by atoms with E-state index in [2.05, 4.69) is 20.6 Å². The zero-order chi connectivity index (χ0) is 38.3. The van der Waals surface area contributed by atoms with Crippen LogP contribution >= 0.6 is 0 Å². The molecule has 3 aromatic carbocycles. The Labute approximate surface area is 324 Å². The Balaban J connectivity index is 1.11. The van der Waals surface area contributed by atoms with Crippen LogP contribution in [0.15, 0.2) is 30.5 Å². The van der Waals surface area contributed by atoms with Crippen LogP contribution in [0.25, 0.3) is 43.7 Å². The normalized spacial score (nSPS) is 24.4. The number of halogens is 2. The van der Waals surface area contributed by atoms with Crippen LogP contribution in [0.3, 0.4) is 0 Å². The van der Waals surface area contributed by atoms with Gasteiger partial charge in [0.25, 0.3) is 0 Å². The average molecular weight is 764 g/mol. The van der Waals surface area contributed by atoms with E-state index in [0.29, 0.717) is 58.3 Å². The molecule has 5 aliphatic rings. The van der Waals surface area contributed by atoms with E-state index in [0.717, 1.165) is 84.2 Å². The topological polar surface area (TPSA) is 101 Å². The monoisotopic (exact) mass is 763 g/mol. The van der Waals surface area contributed by atoms with Gasteiger partial charge in [-0.05, 0) is 74.1 Å². The fraction of sp³-hybridized carbons (Fsp3) is 0.512. The Bertz CT molecular complexity index is 2380. The van der Waals surface area contributed by atoms with Crippen LogP contribution < -0.4 is 9.64 Å². The van der Waals surface area contributed by atoms with E-state index >= 15 is 8.78 Å². The SMILES string of the molecule is C#Cc1c(F)ccc2cc(O)cc(-c3c(F)c4nc(OCC5(CN6CC7CCC(C6)O7)CC5)nc(N5C6CCC5CN(CCCOC)C6)c4c4cn(C)nc34)c12. The van der Waals surface area contributed by atoms with Gasteiger partial charge in [0.1, 0.15) is 28.4 Å². The summed E-state index contributed by atoms with van der Waals surface area (Å²) in [7, 11) is 3.52. The van der Waals surface area contributed by atoms with Gasteiger partial charge in [0.15, 0.2) is 5.82 Å². The van der Waals surface area contributed by atoms with Gasteiger partial charge in [-0.2, -0.15) is 15.1 Å². The van der Waals surface area contributed by atoms with Crippen LogP contribution in [0.2, 0.25) is 0 Å². The third-order valence-corrected chi connectivity index (χ3v) is 12.9. The number of morpholine rings is 1. The number of terminal acetylenes is 1. The minimum Gasteiger partial charge on any atom is -0.508 e.